The lowest BCUT2D eigenvalue weighted by Crippen LogP contribution is -2.41. The number of amides is 3. The number of benzene rings is 1. The molecule has 102 valence electrons. The topological polar surface area (TPSA) is 49.4 Å². The smallest absolute Gasteiger partial charge is 0.319 e. The maximum absolute atomic E-state index is 12.4. The van der Waals surface area contributed by atoms with Gasteiger partial charge in [-0.3, -0.25) is 9.69 Å². The summed E-state index contributed by atoms with van der Waals surface area (Å²) in [6, 6.07) is 7.48. The van der Waals surface area contributed by atoms with Gasteiger partial charge in [-0.05, 0) is 24.5 Å². The molecule has 0 bridgehead atoms. The standard InChI is InChI=1S/C14H17BrN2O2/c1-3-10-4-6-11(7-5-10)14(2)12(18)17(9-8-15)13(19)16-14/h4-7H,3,8-9H2,1-2H3,(H,16,19). The number of rotatable bonds is 4. The lowest BCUT2D eigenvalue weighted by Gasteiger charge is -2.22. The molecule has 1 aromatic rings. The average molecular weight is 325 g/mol. The van der Waals surface area contributed by atoms with Gasteiger partial charge in [0, 0.05) is 11.9 Å². The Morgan fingerprint density at radius 1 is 1.26 bits per heavy atom. The second-order valence-electron chi connectivity index (χ2n) is 4.75. The van der Waals surface area contributed by atoms with Crippen LogP contribution in [0.4, 0.5) is 4.79 Å². The molecule has 5 heteroatoms. The molecule has 0 aliphatic carbocycles. The molecule has 1 atom stereocenters. The quantitative estimate of drug-likeness (QED) is 0.683. The largest absolute Gasteiger partial charge is 0.325 e. The van der Waals surface area contributed by atoms with Crippen LogP contribution in [0.25, 0.3) is 0 Å². The van der Waals surface area contributed by atoms with Crippen molar-refractivity contribution >= 4 is 27.9 Å². The number of carbonyl (C=O) groups excluding carboxylic acids is 2. The summed E-state index contributed by atoms with van der Waals surface area (Å²) in [6.07, 6.45) is 0.951. The fourth-order valence-electron chi connectivity index (χ4n) is 2.25. The van der Waals surface area contributed by atoms with Crippen molar-refractivity contribution in [2.45, 2.75) is 25.8 Å². The van der Waals surface area contributed by atoms with Crippen molar-refractivity contribution in [3.8, 4) is 0 Å². The van der Waals surface area contributed by atoms with E-state index in [0.29, 0.717) is 11.9 Å². The zero-order valence-corrected chi connectivity index (χ0v) is 12.7. The van der Waals surface area contributed by atoms with E-state index in [9.17, 15) is 9.59 Å². The minimum atomic E-state index is -0.953. The summed E-state index contributed by atoms with van der Waals surface area (Å²) < 4.78 is 0. The third-order valence-corrected chi connectivity index (χ3v) is 3.88. The highest BCUT2D eigenvalue weighted by Gasteiger charge is 2.48. The Kier molecular flexibility index (Phi) is 3.94. The van der Waals surface area contributed by atoms with Crippen molar-refractivity contribution in [3.05, 3.63) is 35.4 Å². The van der Waals surface area contributed by atoms with Gasteiger partial charge in [0.05, 0.1) is 0 Å². The van der Waals surface area contributed by atoms with E-state index < -0.39 is 5.54 Å². The molecule has 19 heavy (non-hydrogen) atoms. The molecule has 0 saturated carbocycles. The summed E-state index contributed by atoms with van der Waals surface area (Å²) in [6.45, 7) is 4.21. The molecule has 1 aromatic carbocycles. The molecule has 0 radical (unpaired) electrons. The van der Waals surface area contributed by atoms with Crippen LogP contribution >= 0.6 is 15.9 Å². The fraction of sp³-hybridized carbons (Fsp3) is 0.429. The van der Waals surface area contributed by atoms with Crippen molar-refractivity contribution < 1.29 is 9.59 Å². The molecule has 1 unspecified atom stereocenters. The van der Waals surface area contributed by atoms with Crippen LogP contribution in [0.1, 0.15) is 25.0 Å². The molecule has 1 N–H and O–H groups in total. The normalized spacial score (nSPS) is 22.8. The molecular weight excluding hydrogens is 308 g/mol. The van der Waals surface area contributed by atoms with Crippen molar-refractivity contribution in [1.82, 2.24) is 10.2 Å². The van der Waals surface area contributed by atoms with Gasteiger partial charge < -0.3 is 5.32 Å². The van der Waals surface area contributed by atoms with E-state index in [2.05, 4.69) is 28.2 Å². The van der Waals surface area contributed by atoms with Gasteiger partial charge in [0.1, 0.15) is 5.54 Å². The second-order valence-corrected chi connectivity index (χ2v) is 5.54. The summed E-state index contributed by atoms with van der Waals surface area (Å²) in [5.41, 5.74) is 1.08. The zero-order chi connectivity index (χ0) is 14.0. The minimum Gasteiger partial charge on any atom is -0.319 e. The number of hydrogen-bond donors (Lipinski definition) is 1. The summed E-state index contributed by atoms with van der Waals surface area (Å²) >= 11 is 3.25. The predicted molar refractivity (Wildman–Crippen MR) is 77.2 cm³/mol. The number of urea groups is 1. The lowest BCUT2D eigenvalue weighted by atomic mass is 9.91. The highest BCUT2D eigenvalue weighted by atomic mass is 79.9. The molecule has 1 saturated heterocycles. The zero-order valence-electron chi connectivity index (χ0n) is 11.1. The molecule has 3 amide bonds. The number of nitrogens with one attached hydrogen (secondary N) is 1. The van der Waals surface area contributed by atoms with E-state index in [1.54, 1.807) is 6.92 Å². The van der Waals surface area contributed by atoms with Gasteiger partial charge in [-0.15, -0.1) is 0 Å². The van der Waals surface area contributed by atoms with E-state index in [-0.39, 0.29) is 11.9 Å². The van der Waals surface area contributed by atoms with E-state index >= 15 is 0 Å². The molecule has 0 aromatic heterocycles. The summed E-state index contributed by atoms with van der Waals surface area (Å²) in [7, 11) is 0. The number of aryl methyl sites for hydroxylation is 1. The molecule has 1 aliphatic rings. The van der Waals surface area contributed by atoms with Gasteiger partial charge in [-0.2, -0.15) is 0 Å². The summed E-state index contributed by atoms with van der Waals surface area (Å²) in [5, 5.41) is 3.37. The molecule has 4 nitrogen and oxygen atoms in total. The Morgan fingerprint density at radius 3 is 2.42 bits per heavy atom. The van der Waals surface area contributed by atoms with Crippen LogP contribution in [0.2, 0.25) is 0 Å². The van der Waals surface area contributed by atoms with E-state index in [4.69, 9.17) is 0 Å². The molecule has 2 rings (SSSR count). The van der Waals surface area contributed by atoms with Gasteiger partial charge in [-0.25, -0.2) is 4.79 Å². The van der Waals surface area contributed by atoms with Crippen molar-refractivity contribution in [2.75, 3.05) is 11.9 Å². The van der Waals surface area contributed by atoms with E-state index in [0.717, 1.165) is 12.0 Å². The first-order valence-corrected chi connectivity index (χ1v) is 7.44. The van der Waals surface area contributed by atoms with Crippen LogP contribution in [0.3, 0.4) is 0 Å². The van der Waals surface area contributed by atoms with Crippen LogP contribution in [0.5, 0.6) is 0 Å². The highest BCUT2D eigenvalue weighted by molar-refractivity contribution is 9.09. The highest BCUT2D eigenvalue weighted by Crippen LogP contribution is 2.29. The minimum absolute atomic E-state index is 0.193. The SMILES string of the molecule is CCc1ccc(C2(C)NC(=O)N(CCBr)C2=O)cc1. The van der Waals surface area contributed by atoms with Crippen LogP contribution in [0.15, 0.2) is 24.3 Å². The first-order chi connectivity index (χ1) is 9.02. The Morgan fingerprint density at radius 2 is 1.89 bits per heavy atom. The van der Waals surface area contributed by atoms with Gasteiger partial charge in [0.25, 0.3) is 5.91 Å². The van der Waals surface area contributed by atoms with Crippen molar-refractivity contribution in [3.63, 3.8) is 0 Å². The Hall–Kier alpha value is -1.36. The third kappa shape index (κ3) is 2.39. The first kappa shape index (κ1) is 14.1. The van der Waals surface area contributed by atoms with Crippen molar-refractivity contribution in [1.29, 1.82) is 0 Å². The van der Waals surface area contributed by atoms with Gasteiger partial charge in [0.2, 0.25) is 0 Å². The Bertz CT molecular complexity index is 501. The number of alkyl halides is 1. The van der Waals surface area contributed by atoms with Crippen LogP contribution < -0.4 is 5.32 Å². The van der Waals surface area contributed by atoms with Gasteiger partial charge >= 0.3 is 6.03 Å². The van der Waals surface area contributed by atoms with Gasteiger partial charge in [0.15, 0.2) is 0 Å². The number of imide groups is 1. The number of nitrogens with zero attached hydrogens (tertiary/aromatic N) is 1. The van der Waals surface area contributed by atoms with Crippen LogP contribution in [-0.2, 0) is 16.8 Å². The summed E-state index contributed by atoms with van der Waals surface area (Å²) in [5.74, 6) is -0.193. The summed E-state index contributed by atoms with van der Waals surface area (Å²) in [4.78, 5) is 25.5. The number of halogens is 1. The molecule has 1 fully saturated rings. The van der Waals surface area contributed by atoms with Gasteiger partial charge in [-0.1, -0.05) is 47.1 Å². The maximum Gasteiger partial charge on any atom is 0.325 e. The predicted octanol–water partition coefficient (Wildman–Crippen LogP) is 2.41. The Labute approximate surface area is 121 Å². The van der Waals surface area contributed by atoms with Crippen molar-refractivity contribution in [2.24, 2.45) is 0 Å². The molecule has 1 aliphatic heterocycles. The fourth-order valence-corrected chi connectivity index (χ4v) is 2.61. The number of hydrogen-bond acceptors (Lipinski definition) is 2. The molecular formula is C14H17BrN2O2. The van der Waals surface area contributed by atoms with Crippen LogP contribution in [-0.4, -0.2) is 28.7 Å². The van der Waals surface area contributed by atoms with E-state index in [1.807, 2.05) is 24.3 Å². The second kappa shape index (κ2) is 5.33. The van der Waals surface area contributed by atoms with Crippen LogP contribution in [0, 0.1) is 0 Å². The lowest BCUT2D eigenvalue weighted by molar-refractivity contribution is -0.130. The average Bonchev–Trinajstić information content (AvgIpc) is 2.64. The maximum atomic E-state index is 12.4. The number of carbonyl (C=O) groups is 2. The monoisotopic (exact) mass is 324 g/mol. The Balaban J connectivity index is 2.32. The molecule has 0 spiro atoms. The first-order valence-electron chi connectivity index (χ1n) is 6.32. The third-order valence-electron chi connectivity index (χ3n) is 3.52. The van der Waals surface area contributed by atoms with E-state index in [1.165, 1.54) is 10.5 Å². The molecule has 1 heterocycles.